The maximum atomic E-state index is 12.5. The summed E-state index contributed by atoms with van der Waals surface area (Å²) in [5.41, 5.74) is 0. The van der Waals surface area contributed by atoms with Gasteiger partial charge in [0.15, 0.2) is 11.5 Å². The van der Waals surface area contributed by atoms with Crippen molar-refractivity contribution in [1.29, 1.82) is 0 Å². The zero-order valence-corrected chi connectivity index (χ0v) is 15.0. The summed E-state index contributed by atoms with van der Waals surface area (Å²) >= 11 is 0. The molecular formula is C17H25NO5S. The average molecular weight is 355 g/mol. The Morgan fingerprint density at radius 2 is 1.88 bits per heavy atom. The summed E-state index contributed by atoms with van der Waals surface area (Å²) in [4.78, 5) is 0. The third-order valence-electron chi connectivity index (χ3n) is 4.39. The Labute approximate surface area is 143 Å². The number of hydrogen-bond acceptors (Lipinski definition) is 5. The summed E-state index contributed by atoms with van der Waals surface area (Å²) in [5, 5.41) is 0. The van der Waals surface area contributed by atoms with Gasteiger partial charge in [-0.25, -0.2) is 12.7 Å². The van der Waals surface area contributed by atoms with Crippen LogP contribution in [0.4, 0.5) is 0 Å². The van der Waals surface area contributed by atoms with Crippen molar-refractivity contribution < 1.29 is 22.6 Å². The van der Waals surface area contributed by atoms with Gasteiger partial charge in [0.2, 0.25) is 16.8 Å². The first-order valence-corrected chi connectivity index (χ1v) is 10.1. The topological polar surface area (TPSA) is 65.1 Å². The number of sulfonamides is 1. The largest absolute Gasteiger partial charge is 0.493 e. The zero-order valence-electron chi connectivity index (χ0n) is 14.2. The molecule has 1 aromatic carbocycles. The van der Waals surface area contributed by atoms with Crippen LogP contribution >= 0.6 is 0 Å². The molecule has 1 saturated heterocycles. The second kappa shape index (κ2) is 7.19. The molecule has 0 amide bonds. The van der Waals surface area contributed by atoms with Crippen LogP contribution in [-0.2, 0) is 10.0 Å². The lowest BCUT2D eigenvalue weighted by molar-refractivity contribution is 0.173. The number of hydrogen-bond donors (Lipinski definition) is 0. The highest BCUT2D eigenvalue weighted by atomic mass is 32.2. The first kappa shape index (κ1) is 17.4. The van der Waals surface area contributed by atoms with E-state index in [4.69, 9.17) is 14.2 Å². The molecule has 0 saturated carbocycles. The van der Waals surface area contributed by atoms with Gasteiger partial charge in [0.25, 0.3) is 0 Å². The number of piperidine rings is 1. The molecule has 0 radical (unpaired) electrons. The molecule has 3 rings (SSSR count). The number of nitrogens with zero attached hydrogens (tertiary/aromatic N) is 1. The lowest BCUT2D eigenvalue weighted by Crippen LogP contribution is -2.43. The normalized spacial score (nSPS) is 24.1. The Bertz CT molecular complexity index is 666. The summed E-state index contributed by atoms with van der Waals surface area (Å²) in [6, 6.07) is 5.37. The minimum Gasteiger partial charge on any atom is -0.493 e. The van der Waals surface area contributed by atoms with E-state index in [9.17, 15) is 8.42 Å². The van der Waals surface area contributed by atoms with Gasteiger partial charge in [0.05, 0.1) is 12.4 Å². The van der Waals surface area contributed by atoms with Gasteiger partial charge < -0.3 is 14.2 Å². The van der Waals surface area contributed by atoms with Gasteiger partial charge in [-0.05, 0) is 36.8 Å². The Balaban J connectivity index is 1.47. The molecule has 0 aliphatic carbocycles. The van der Waals surface area contributed by atoms with E-state index in [1.807, 2.05) is 0 Å². The van der Waals surface area contributed by atoms with Gasteiger partial charge in [0, 0.05) is 19.2 Å². The van der Waals surface area contributed by atoms with Gasteiger partial charge >= 0.3 is 0 Å². The van der Waals surface area contributed by atoms with Crippen LogP contribution in [0.3, 0.4) is 0 Å². The molecule has 0 spiro atoms. The van der Waals surface area contributed by atoms with Crippen molar-refractivity contribution >= 4 is 10.0 Å². The van der Waals surface area contributed by atoms with Crippen molar-refractivity contribution in [3.05, 3.63) is 18.2 Å². The smallest absolute Gasteiger partial charge is 0.231 e. The molecule has 7 heteroatoms. The minimum absolute atomic E-state index is 0.122. The van der Waals surface area contributed by atoms with Gasteiger partial charge in [0.1, 0.15) is 5.75 Å². The summed E-state index contributed by atoms with van der Waals surface area (Å²) in [6.07, 6.45) is 1.56. The van der Waals surface area contributed by atoms with Crippen LogP contribution < -0.4 is 14.2 Å². The molecule has 24 heavy (non-hydrogen) atoms. The first-order chi connectivity index (χ1) is 11.4. The molecule has 0 bridgehead atoms. The molecule has 2 aliphatic rings. The minimum atomic E-state index is -3.20. The standard InChI is InChI=1S/C17H25NO5S/c1-13-8-14(2)11-18(10-13)24(19,20)7-3-6-21-15-4-5-16-17(9-15)23-12-22-16/h4-5,9,13-14H,3,6-8,10-12H2,1-2H3. The summed E-state index contributed by atoms with van der Waals surface area (Å²) in [5.74, 6) is 3.00. The molecular weight excluding hydrogens is 330 g/mol. The van der Waals surface area contributed by atoms with Crippen molar-refractivity contribution in [2.45, 2.75) is 26.7 Å². The van der Waals surface area contributed by atoms with E-state index in [1.54, 1.807) is 22.5 Å². The van der Waals surface area contributed by atoms with Crippen molar-refractivity contribution in [3.8, 4) is 17.2 Å². The number of benzene rings is 1. The SMILES string of the molecule is CC1CC(C)CN(S(=O)(=O)CCCOc2ccc3c(c2)OCO3)C1. The van der Waals surface area contributed by atoms with Crippen molar-refractivity contribution in [2.24, 2.45) is 11.8 Å². The number of ether oxygens (including phenoxy) is 3. The first-order valence-electron chi connectivity index (χ1n) is 8.44. The predicted octanol–water partition coefficient (Wildman–Crippen LogP) is 2.49. The molecule has 1 fully saturated rings. The van der Waals surface area contributed by atoms with E-state index in [0.717, 1.165) is 6.42 Å². The predicted molar refractivity (Wildman–Crippen MR) is 91.0 cm³/mol. The van der Waals surface area contributed by atoms with Crippen molar-refractivity contribution in [3.63, 3.8) is 0 Å². The Hall–Kier alpha value is -1.47. The van der Waals surface area contributed by atoms with Crippen molar-refractivity contribution in [1.82, 2.24) is 4.31 Å². The van der Waals surface area contributed by atoms with Gasteiger partial charge in [-0.15, -0.1) is 0 Å². The highest BCUT2D eigenvalue weighted by Gasteiger charge is 2.29. The molecule has 2 atom stereocenters. The fraction of sp³-hybridized carbons (Fsp3) is 0.647. The van der Waals surface area contributed by atoms with E-state index in [1.165, 1.54) is 0 Å². The van der Waals surface area contributed by atoms with Crippen molar-refractivity contribution in [2.75, 3.05) is 32.2 Å². The molecule has 1 aromatic rings. The third kappa shape index (κ3) is 4.13. The molecule has 0 N–H and O–H groups in total. The van der Waals surface area contributed by atoms with E-state index in [2.05, 4.69) is 13.8 Å². The lowest BCUT2D eigenvalue weighted by Gasteiger charge is -2.34. The molecule has 2 heterocycles. The lowest BCUT2D eigenvalue weighted by atomic mass is 9.94. The third-order valence-corrected chi connectivity index (χ3v) is 6.28. The van der Waals surface area contributed by atoms with E-state index in [0.29, 0.717) is 55.2 Å². The maximum Gasteiger partial charge on any atom is 0.231 e. The number of fused-ring (bicyclic) bond motifs is 1. The van der Waals surface area contributed by atoms with Gasteiger partial charge in [-0.1, -0.05) is 13.8 Å². The van der Waals surface area contributed by atoms with Crippen LogP contribution in [0.5, 0.6) is 17.2 Å². The molecule has 6 nitrogen and oxygen atoms in total. The molecule has 2 unspecified atom stereocenters. The van der Waals surface area contributed by atoms with Crippen LogP contribution in [0.1, 0.15) is 26.7 Å². The summed E-state index contributed by atoms with van der Waals surface area (Å²) in [7, 11) is -3.20. The fourth-order valence-corrected chi connectivity index (χ4v) is 5.06. The zero-order chi connectivity index (χ0) is 17.2. The molecule has 0 aromatic heterocycles. The van der Waals surface area contributed by atoms with Gasteiger partial charge in [-0.3, -0.25) is 0 Å². The van der Waals surface area contributed by atoms with Crippen LogP contribution in [-0.4, -0.2) is 45.0 Å². The van der Waals surface area contributed by atoms with Crippen LogP contribution in [0.15, 0.2) is 18.2 Å². The second-order valence-electron chi connectivity index (χ2n) is 6.80. The Morgan fingerprint density at radius 1 is 1.17 bits per heavy atom. The van der Waals surface area contributed by atoms with E-state index < -0.39 is 10.0 Å². The fourth-order valence-electron chi connectivity index (χ4n) is 3.36. The van der Waals surface area contributed by atoms with Gasteiger partial charge in [-0.2, -0.15) is 0 Å². The summed E-state index contributed by atoms with van der Waals surface area (Å²) in [6.45, 7) is 6.08. The van der Waals surface area contributed by atoms with Crippen LogP contribution in [0, 0.1) is 11.8 Å². The van der Waals surface area contributed by atoms with Crippen LogP contribution in [0.25, 0.3) is 0 Å². The monoisotopic (exact) mass is 355 g/mol. The summed E-state index contributed by atoms with van der Waals surface area (Å²) < 4.78 is 42.8. The van der Waals surface area contributed by atoms with E-state index >= 15 is 0 Å². The quantitative estimate of drug-likeness (QED) is 0.734. The molecule has 2 aliphatic heterocycles. The van der Waals surface area contributed by atoms with Crippen LogP contribution in [0.2, 0.25) is 0 Å². The second-order valence-corrected chi connectivity index (χ2v) is 8.88. The molecule has 134 valence electrons. The number of rotatable bonds is 6. The van der Waals surface area contributed by atoms with E-state index in [-0.39, 0.29) is 12.5 Å². The Morgan fingerprint density at radius 3 is 2.62 bits per heavy atom. The highest BCUT2D eigenvalue weighted by molar-refractivity contribution is 7.89. The maximum absolute atomic E-state index is 12.5. The average Bonchev–Trinajstić information content (AvgIpc) is 2.98. The highest BCUT2D eigenvalue weighted by Crippen LogP contribution is 2.35. The Kier molecular flexibility index (Phi) is 5.20.